The van der Waals surface area contributed by atoms with Gasteiger partial charge in [0.2, 0.25) is 11.8 Å². The summed E-state index contributed by atoms with van der Waals surface area (Å²) in [5.41, 5.74) is 3.46. The highest BCUT2D eigenvalue weighted by Gasteiger charge is 2.08. The highest BCUT2D eigenvalue weighted by molar-refractivity contribution is 5.95. The first kappa shape index (κ1) is 22.0. The predicted octanol–water partition coefficient (Wildman–Crippen LogP) is 3.71. The van der Waals surface area contributed by atoms with Gasteiger partial charge in [-0.05, 0) is 48.7 Å². The van der Waals surface area contributed by atoms with E-state index >= 15 is 0 Å². The molecule has 6 heteroatoms. The van der Waals surface area contributed by atoms with Gasteiger partial charge in [0, 0.05) is 26.2 Å². The zero-order valence-electron chi connectivity index (χ0n) is 17.3. The molecule has 0 aliphatic rings. The molecule has 0 bridgehead atoms. The van der Waals surface area contributed by atoms with Gasteiger partial charge in [-0.1, -0.05) is 30.8 Å². The Labute approximate surface area is 172 Å². The number of rotatable bonds is 10. The summed E-state index contributed by atoms with van der Waals surface area (Å²) in [6, 6.07) is 15.1. The van der Waals surface area contributed by atoms with Crippen molar-refractivity contribution in [1.82, 2.24) is 4.90 Å². The summed E-state index contributed by atoms with van der Waals surface area (Å²) in [6.07, 6.45) is 1.17. The molecule has 0 atom stereocenters. The third kappa shape index (κ3) is 7.70. The van der Waals surface area contributed by atoms with Crippen molar-refractivity contribution in [2.24, 2.45) is 0 Å². The maximum absolute atomic E-state index is 12.3. The van der Waals surface area contributed by atoms with Gasteiger partial charge in [0.05, 0.1) is 12.2 Å². The fraction of sp³-hybridized carbons (Fsp3) is 0.304. The number of hydrogen-bond acceptors (Lipinski definition) is 4. The highest BCUT2D eigenvalue weighted by Crippen LogP contribution is 2.24. The Hall–Kier alpha value is -3.28. The molecule has 0 heterocycles. The Kier molecular flexibility index (Phi) is 8.27. The molecule has 0 aliphatic heterocycles. The monoisotopic (exact) mass is 395 g/mol. The molecule has 2 rings (SSSR count). The first-order chi connectivity index (χ1) is 13.8. The minimum absolute atomic E-state index is 0.108. The number of carbonyl (C=O) groups excluding carboxylic acids is 2. The van der Waals surface area contributed by atoms with Crippen molar-refractivity contribution in [2.75, 3.05) is 37.9 Å². The van der Waals surface area contributed by atoms with Crippen LogP contribution in [0.1, 0.15) is 18.9 Å². The van der Waals surface area contributed by atoms with E-state index < -0.39 is 0 Å². The zero-order valence-corrected chi connectivity index (χ0v) is 17.3. The van der Waals surface area contributed by atoms with Crippen molar-refractivity contribution in [3.63, 3.8) is 0 Å². The van der Waals surface area contributed by atoms with E-state index in [-0.39, 0.29) is 18.4 Å². The average molecular weight is 396 g/mol. The van der Waals surface area contributed by atoms with E-state index in [0.717, 1.165) is 16.8 Å². The number of ether oxygens (including phenoxy) is 1. The van der Waals surface area contributed by atoms with Crippen LogP contribution in [0, 0.1) is 0 Å². The smallest absolute Gasteiger partial charge is 0.243 e. The van der Waals surface area contributed by atoms with Crippen molar-refractivity contribution >= 4 is 23.2 Å². The number of amides is 2. The molecular formula is C23H29N3O3. The molecule has 0 saturated carbocycles. The molecule has 0 aliphatic carbocycles. The van der Waals surface area contributed by atoms with Gasteiger partial charge in [-0.15, -0.1) is 0 Å². The van der Waals surface area contributed by atoms with Crippen LogP contribution >= 0.6 is 0 Å². The summed E-state index contributed by atoms with van der Waals surface area (Å²) in [5.74, 6) is 0.550. The van der Waals surface area contributed by atoms with E-state index in [1.165, 1.54) is 0 Å². The maximum Gasteiger partial charge on any atom is 0.243 e. The molecular weight excluding hydrogens is 366 g/mol. The molecule has 29 heavy (non-hydrogen) atoms. The highest BCUT2D eigenvalue weighted by atomic mass is 16.5. The van der Waals surface area contributed by atoms with Crippen LogP contribution in [-0.4, -0.2) is 44.0 Å². The molecule has 0 spiro atoms. The SMILES string of the molecule is C=C(C)COc1ccccc1NC(=O)CNc1ccc(CCC(=O)N(C)C)cc1. The van der Waals surface area contributed by atoms with Gasteiger partial charge in [-0.25, -0.2) is 0 Å². The van der Waals surface area contributed by atoms with Crippen LogP contribution < -0.4 is 15.4 Å². The van der Waals surface area contributed by atoms with Gasteiger partial charge in [-0.3, -0.25) is 9.59 Å². The van der Waals surface area contributed by atoms with Gasteiger partial charge in [-0.2, -0.15) is 0 Å². The van der Waals surface area contributed by atoms with Crippen LogP contribution in [-0.2, 0) is 16.0 Å². The minimum atomic E-state index is -0.169. The lowest BCUT2D eigenvalue weighted by Crippen LogP contribution is -2.22. The number of para-hydroxylation sites is 2. The van der Waals surface area contributed by atoms with E-state index in [1.807, 2.05) is 49.4 Å². The molecule has 0 saturated heterocycles. The Morgan fingerprint density at radius 2 is 1.76 bits per heavy atom. The second-order valence-electron chi connectivity index (χ2n) is 7.13. The molecule has 2 N–H and O–H groups in total. The average Bonchev–Trinajstić information content (AvgIpc) is 2.70. The number of aryl methyl sites for hydroxylation is 1. The van der Waals surface area contributed by atoms with E-state index in [1.54, 1.807) is 25.1 Å². The Balaban J connectivity index is 1.83. The number of hydrogen-bond donors (Lipinski definition) is 2. The molecule has 154 valence electrons. The third-order valence-electron chi connectivity index (χ3n) is 4.17. The van der Waals surface area contributed by atoms with Gasteiger partial charge in [0.25, 0.3) is 0 Å². The summed E-state index contributed by atoms with van der Waals surface area (Å²) in [4.78, 5) is 25.6. The van der Waals surface area contributed by atoms with E-state index in [9.17, 15) is 9.59 Å². The summed E-state index contributed by atoms with van der Waals surface area (Å²) in [5, 5.41) is 5.96. The number of carbonyl (C=O) groups is 2. The maximum atomic E-state index is 12.3. The van der Waals surface area contributed by atoms with Gasteiger partial charge in [0.15, 0.2) is 0 Å². The number of nitrogens with zero attached hydrogens (tertiary/aromatic N) is 1. The van der Waals surface area contributed by atoms with Gasteiger partial charge >= 0.3 is 0 Å². The second-order valence-corrected chi connectivity index (χ2v) is 7.13. The summed E-state index contributed by atoms with van der Waals surface area (Å²) < 4.78 is 5.67. The molecule has 0 fully saturated rings. The normalized spacial score (nSPS) is 10.2. The molecule has 0 radical (unpaired) electrons. The van der Waals surface area contributed by atoms with Crippen LogP contribution in [0.25, 0.3) is 0 Å². The molecule has 0 aromatic heterocycles. The third-order valence-corrected chi connectivity index (χ3v) is 4.17. The lowest BCUT2D eigenvalue weighted by Gasteiger charge is -2.13. The van der Waals surface area contributed by atoms with Crippen molar-refractivity contribution in [3.8, 4) is 5.75 Å². The van der Waals surface area contributed by atoms with Gasteiger partial charge < -0.3 is 20.3 Å². The standard InChI is InChI=1S/C23H29N3O3/c1-17(2)16-29-21-8-6-5-7-20(21)25-22(27)15-24-19-12-9-18(10-13-19)11-14-23(28)26(3)4/h5-10,12-13,24H,1,11,14-16H2,2-4H3,(H,25,27). The number of nitrogens with one attached hydrogen (secondary N) is 2. The van der Waals surface area contributed by atoms with Crippen molar-refractivity contribution in [1.29, 1.82) is 0 Å². The fourth-order valence-electron chi connectivity index (χ4n) is 2.54. The number of anilines is 2. The van der Waals surface area contributed by atoms with Crippen LogP contribution in [0.3, 0.4) is 0 Å². The summed E-state index contributed by atoms with van der Waals surface area (Å²) >= 11 is 0. The quantitative estimate of drug-likeness (QED) is 0.602. The van der Waals surface area contributed by atoms with Crippen LogP contribution in [0.2, 0.25) is 0 Å². The van der Waals surface area contributed by atoms with Gasteiger partial charge in [0.1, 0.15) is 12.4 Å². The lowest BCUT2D eigenvalue weighted by atomic mass is 10.1. The first-order valence-electron chi connectivity index (χ1n) is 9.54. The molecule has 2 aromatic carbocycles. The summed E-state index contributed by atoms with van der Waals surface area (Å²) in [6.45, 7) is 6.23. The van der Waals surface area contributed by atoms with Crippen LogP contribution in [0.4, 0.5) is 11.4 Å². The van der Waals surface area contributed by atoms with Crippen molar-refractivity contribution in [2.45, 2.75) is 19.8 Å². The largest absolute Gasteiger partial charge is 0.487 e. The summed E-state index contributed by atoms with van der Waals surface area (Å²) in [7, 11) is 3.51. The van der Waals surface area contributed by atoms with Crippen LogP contribution in [0.15, 0.2) is 60.7 Å². The Bertz CT molecular complexity index is 845. The zero-order chi connectivity index (χ0) is 21.2. The fourth-order valence-corrected chi connectivity index (χ4v) is 2.54. The molecule has 0 unspecified atom stereocenters. The Morgan fingerprint density at radius 3 is 2.41 bits per heavy atom. The van der Waals surface area contributed by atoms with E-state index in [0.29, 0.717) is 30.9 Å². The second kappa shape index (κ2) is 10.9. The predicted molar refractivity (Wildman–Crippen MR) is 117 cm³/mol. The van der Waals surface area contributed by atoms with Crippen LogP contribution in [0.5, 0.6) is 5.75 Å². The topological polar surface area (TPSA) is 70.7 Å². The van der Waals surface area contributed by atoms with E-state index in [2.05, 4.69) is 17.2 Å². The molecule has 2 aromatic rings. The van der Waals surface area contributed by atoms with Crippen molar-refractivity contribution in [3.05, 3.63) is 66.2 Å². The first-order valence-corrected chi connectivity index (χ1v) is 9.54. The van der Waals surface area contributed by atoms with E-state index in [4.69, 9.17) is 4.74 Å². The minimum Gasteiger partial charge on any atom is -0.487 e. The Morgan fingerprint density at radius 1 is 1.07 bits per heavy atom. The number of benzene rings is 2. The lowest BCUT2D eigenvalue weighted by molar-refractivity contribution is -0.128. The van der Waals surface area contributed by atoms with Crippen molar-refractivity contribution < 1.29 is 14.3 Å². The molecule has 6 nitrogen and oxygen atoms in total. The molecule has 2 amide bonds.